The Morgan fingerprint density at radius 2 is 1.35 bits per heavy atom. The highest BCUT2D eigenvalue weighted by Crippen LogP contribution is 2.43. The summed E-state index contributed by atoms with van der Waals surface area (Å²) in [4.78, 5) is 0. The van der Waals surface area contributed by atoms with Gasteiger partial charge in [0.15, 0.2) is 0 Å². The van der Waals surface area contributed by atoms with Crippen LogP contribution in [-0.4, -0.2) is 16.8 Å². The first-order valence-electron chi connectivity index (χ1n) is 11.4. The zero-order valence-electron chi connectivity index (χ0n) is 18.7. The second-order valence-corrected chi connectivity index (χ2v) is 9.14. The molecule has 5 aromatic carbocycles. The molecule has 0 unspecified atom stereocenters. The van der Waals surface area contributed by atoms with Crippen LogP contribution in [0.3, 0.4) is 0 Å². The summed E-state index contributed by atoms with van der Waals surface area (Å²) in [7, 11) is 0. The predicted octanol–water partition coefficient (Wildman–Crippen LogP) is 7.90. The first kappa shape index (κ1) is 22.5. The van der Waals surface area contributed by atoms with Crippen LogP contribution in [0.5, 0.6) is 0 Å². The van der Waals surface area contributed by atoms with Gasteiger partial charge in [-0.3, -0.25) is 0 Å². The van der Waals surface area contributed by atoms with Gasteiger partial charge in [-0.1, -0.05) is 109 Å². The van der Waals surface area contributed by atoms with Gasteiger partial charge < -0.3 is 10.2 Å². The number of aliphatic hydroxyl groups excluding tert-OH is 2. The van der Waals surface area contributed by atoms with E-state index in [2.05, 4.69) is 58.4 Å². The Labute approximate surface area is 208 Å². The molecule has 0 heterocycles. The van der Waals surface area contributed by atoms with Crippen molar-refractivity contribution in [1.82, 2.24) is 0 Å². The Bertz CT molecular complexity index is 1500. The molecule has 0 saturated carbocycles. The minimum atomic E-state index is -0.812. The molecule has 0 amide bonds. The van der Waals surface area contributed by atoms with Gasteiger partial charge in [0, 0.05) is 11.1 Å². The van der Waals surface area contributed by atoms with Gasteiger partial charge >= 0.3 is 0 Å². The van der Waals surface area contributed by atoms with Crippen LogP contribution in [0, 0.1) is 0 Å². The molecule has 0 bridgehead atoms. The summed E-state index contributed by atoms with van der Waals surface area (Å²) in [5.41, 5.74) is 4.72. The third kappa shape index (κ3) is 4.19. The first-order valence-corrected chi connectivity index (χ1v) is 12.2. The average Bonchev–Trinajstić information content (AvgIpc) is 2.89. The van der Waals surface area contributed by atoms with E-state index >= 15 is 0 Å². The molecule has 5 aromatic rings. The number of aliphatic hydroxyl groups is 2. The van der Waals surface area contributed by atoms with Gasteiger partial charge in [-0.15, -0.1) is 0 Å². The monoisotopic (exact) mass is 508 g/mol. The fourth-order valence-corrected chi connectivity index (χ4v) is 5.30. The van der Waals surface area contributed by atoms with Crippen molar-refractivity contribution in [3.63, 3.8) is 0 Å². The fraction of sp³-hybridized carbons (Fsp3) is 0.0968. The van der Waals surface area contributed by atoms with E-state index in [-0.39, 0.29) is 6.61 Å². The fourth-order valence-electron chi connectivity index (χ4n) is 4.61. The number of fused-ring (bicyclic) bond motifs is 2. The van der Waals surface area contributed by atoms with Crippen molar-refractivity contribution in [3.05, 3.63) is 124 Å². The van der Waals surface area contributed by atoms with E-state index in [0.29, 0.717) is 6.42 Å². The topological polar surface area (TPSA) is 40.5 Å². The highest BCUT2D eigenvalue weighted by molar-refractivity contribution is 9.10. The van der Waals surface area contributed by atoms with Crippen LogP contribution in [0.1, 0.15) is 29.2 Å². The zero-order chi connectivity index (χ0) is 23.5. The molecule has 3 heteroatoms. The Hall–Kier alpha value is -3.24. The standard InChI is InChI=1S/C31H25BrO2/c32-30-25-14-5-2-11-23(25)16-18-27(30)29-24-13-4-1-10-22(24)17-19-28(29)31(34)26-15-6-3-9-21(26)12-7-8-20-33/h1-7,9-19,31,33-34H,8,20H2/b12-7-/t31-/m1/s1. The van der Waals surface area contributed by atoms with Gasteiger partial charge in [0.05, 0.1) is 0 Å². The quantitative estimate of drug-likeness (QED) is 0.244. The van der Waals surface area contributed by atoms with Crippen molar-refractivity contribution < 1.29 is 10.2 Å². The largest absolute Gasteiger partial charge is 0.396 e. The lowest BCUT2D eigenvalue weighted by Crippen LogP contribution is -2.05. The first-order chi connectivity index (χ1) is 16.7. The third-order valence-electron chi connectivity index (χ3n) is 6.27. The second-order valence-electron chi connectivity index (χ2n) is 8.35. The minimum Gasteiger partial charge on any atom is -0.396 e. The maximum atomic E-state index is 11.7. The van der Waals surface area contributed by atoms with Gasteiger partial charge in [-0.2, -0.15) is 0 Å². The van der Waals surface area contributed by atoms with Crippen molar-refractivity contribution >= 4 is 43.6 Å². The molecule has 0 radical (unpaired) electrons. The summed E-state index contributed by atoms with van der Waals surface area (Å²) in [6, 6.07) is 32.9. The number of hydrogen-bond donors (Lipinski definition) is 2. The third-order valence-corrected chi connectivity index (χ3v) is 7.13. The van der Waals surface area contributed by atoms with Gasteiger partial charge in [0.2, 0.25) is 0 Å². The molecule has 2 N–H and O–H groups in total. The van der Waals surface area contributed by atoms with E-state index < -0.39 is 6.10 Å². The molecule has 2 nitrogen and oxygen atoms in total. The SMILES string of the molecule is OCC/C=C\c1ccccc1[C@@H](O)c1ccc2ccccc2c1-c1ccc2ccccc2c1Br. The minimum absolute atomic E-state index is 0.103. The van der Waals surface area contributed by atoms with Crippen LogP contribution in [0.4, 0.5) is 0 Å². The Balaban J connectivity index is 1.75. The van der Waals surface area contributed by atoms with Crippen molar-refractivity contribution in [3.8, 4) is 11.1 Å². The molecule has 0 aliphatic carbocycles. The van der Waals surface area contributed by atoms with E-state index in [4.69, 9.17) is 5.11 Å². The van der Waals surface area contributed by atoms with Crippen molar-refractivity contribution in [2.45, 2.75) is 12.5 Å². The highest BCUT2D eigenvalue weighted by atomic mass is 79.9. The zero-order valence-corrected chi connectivity index (χ0v) is 20.2. The molecular formula is C31H25BrO2. The molecule has 168 valence electrons. The van der Waals surface area contributed by atoms with Crippen LogP contribution in [0.25, 0.3) is 38.7 Å². The molecule has 1 atom stereocenters. The summed E-state index contributed by atoms with van der Waals surface area (Å²) in [6.07, 6.45) is 3.68. The van der Waals surface area contributed by atoms with E-state index in [1.54, 1.807) is 0 Å². The molecule has 0 aliphatic rings. The molecule has 0 spiro atoms. The number of halogens is 1. The van der Waals surface area contributed by atoms with Crippen LogP contribution >= 0.6 is 15.9 Å². The maximum absolute atomic E-state index is 11.7. The van der Waals surface area contributed by atoms with E-state index in [9.17, 15) is 5.11 Å². The Morgan fingerprint density at radius 3 is 2.15 bits per heavy atom. The van der Waals surface area contributed by atoms with E-state index in [0.717, 1.165) is 48.4 Å². The number of benzene rings is 5. The molecule has 0 saturated heterocycles. The smallest absolute Gasteiger partial charge is 0.105 e. The second kappa shape index (κ2) is 9.94. The summed E-state index contributed by atoms with van der Waals surface area (Å²) < 4.78 is 1.02. The van der Waals surface area contributed by atoms with Gasteiger partial charge in [-0.05, 0) is 71.7 Å². The summed E-state index contributed by atoms with van der Waals surface area (Å²) >= 11 is 3.88. The number of rotatable bonds is 6. The Morgan fingerprint density at radius 1 is 0.706 bits per heavy atom. The maximum Gasteiger partial charge on any atom is 0.105 e. The van der Waals surface area contributed by atoms with Crippen molar-refractivity contribution in [1.29, 1.82) is 0 Å². The molecule has 5 rings (SSSR count). The van der Waals surface area contributed by atoms with E-state index in [1.807, 2.05) is 66.7 Å². The van der Waals surface area contributed by atoms with Crippen LogP contribution < -0.4 is 0 Å². The van der Waals surface area contributed by atoms with Crippen molar-refractivity contribution in [2.75, 3.05) is 6.61 Å². The summed E-state index contributed by atoms with van der Waals surface area (Å²) in [5.74, 6) is 0. The average molecular weight is 509 g/mol. The summed E-state index contributed by atoms with van der Waals surface area (Å²) in [6.45, 7) is 0.103. The van der Waals surface area contributed by atoms with Crippen LogP contribution in [0.2, 0.25) is 0 Å². The van der Waals surface area contributed by atoms with Gasteiger partial charge in [0.25, 0.3) is 0 Å². The molecule has 0 aliphatic heterocycles. The van der Waals surface area contributed by atoms with Gasteiger partial charge in [0.1, 0.15) is 6.10 Å². The Kier molecular flexibility index (Phi) is 6.59. The van der Waals surface area contributed by atoms with Crippen LogP contribution in [0.15, 0.2) is 108 Å². The lowest BCUT2D eigenvalue weighted by atomic mass is 9.86. The lowest BCUT2D eigenvalue weighted by molar-refractivity contribution is 0.221. The van der Waals surface area contributed by atoms with Crippen LogP contribution in [-0.2, 0) is 0 Å². The predicted molar refractivity (Wildman–Crippen MR) is 146 cm³/mol. The summed E-state index contributed by atoms with van der Waals surface area (Å²) in [5, 5.41) is 25.4. The highest BCUT2D eigenvalue weighted by Gasteiger charge is 2.21. The van der Waals surface area contributed by atoms with Gasteiger partial charge in [-0.25, -0.2) is 0 Å². The number of hydrogen-bond acceptors (Lipinski definition) is 2. The van der Waals surface area contributed by atoms with E-state index in [1.165, 1.54) is 5.39 Å². The normalized spacial score (nSPS) is 12.6. The molecular weight excluding hydrogens is 484 g/mol. The molecule has 0 aromatic heterocycles. The lowest BCUT2D eigenvalue weighted by Gasteiger charge is -2.21. The molecule has 34 heavy (non-hydrogen) atoms. The molecule has 0 fully saturated rings. The van der Waals surface area contributed by atoms with Crippen molar-refractivity contribution in [2.24, 2.45) is 0 Å².